The molecule has 0 spiro atoms. The zero-order valence-corrected chi connectivity index (χ0v) is 19.4. The molecule has 0 aliphatic carbocycles. The van der Waals surface area contributed by atoms with Gasteiger partial charge in [0.2, 0.25) is 10.0 Å². The van der Waals surface area contributed by atoms with Gasteiger partial charge in [-0.25, -0.2) is 8.42 Å². The number of benzene rings is 3. The second kappa shape index (κ2) is 8.45. The number of rotatable bonds is 6. The number of nitrogens with zero attached hydrogens (tertiary/aromatic N) is 2. The van der Waals surface area contributed by atoms with E-state index in [0.717, 1.165) is 27.4 Å². The summed E-state index contributed by atoms with van der Waals surface area (Å²) >= 11 is 12.4. The number of sulfonamides is 1. The molecule has 1 atom stereocenters. The van der Waals surface area contributed by atoms with Crippen molar-refractivity contribution in [2.75, 3.05) is 13.6 Å². The maximum absolute atomic E-state index is 12.9. The first-order valence-corrected chi connectivity index (χ1v) is 11.9. The van der Waals surface area contributed by atoms with E-state index in [4.69, 9.17) is 23.2 Å². The van der Waals surface area contributed by atoms with Crippen LogP contribution in [0.4, 0.5) is 0 Å². The Hall–Kier alpha value is -2.09. The molecule has 8 heteroatoms. The Morgan fingerprint density at radius 1 is 0.935 bits per heavy atom. The van der Waals surface area contributed by atoms with Gasteiger partial charge >= 0.3 is 0 Å². The summed E-state index contributed by atoms with van der Waals surface area (Å²) in [5.41, 5.74) is 2.77. The number of fused-ring (bicyclic) bond motifs is 3. The van der Waals surface area contributed by atoms with Gasteiger partial charge in [0.25, 0.3) is 0 Å². The molecule has 0 saturated carbocycles. The van der Waals surface area contributed by atoms with Gasteiger partial charge in [0.15, 0.2) is 0 Å². The summed E-state index contributed by atoms with van der Waals surface area (Å²) < 4.78 is 28.9. The van der Waals surface area contributed by atoms with Gasteiger partial charge in [-0.05, 0) is 55.5 Å². The number of halogens is 2. The van der Waals surface area contributed by atoms with Crippen LogP contribution in [-0.4, -0.2) is 42.1 Å². The van der Waals surface area contributed by atoms with Crippen LogP contribution in [0.15, 0.2) is 65.6 Å². The summed E-state index contributed by atoms with van der Waals surface area (Å²) in [5.74, 6) is 0. The summed E-state index contributed by atoms with van der Waals surface area (Å²) in [7, 11) is -2.22. The fourth-order valence-corrected chi connectivity index (χ4v) is 5.35. The van der Waals surface area contributed by atoms with Gasteiger partial charge in [-0.15, -0.1) is 0 Å². The van der Waals surface area contributed by atoms with Gasteiger partial charge in [0, 0.05) is 45.4 Å². The van der Waals surface area contributed by atoms with E-state index in [-0.39, 0.29) is 18.0 Å². The molecule has 1 heterocycles. The lowest BCUT2D eigenvalue weighted by Gasteiger charge is -2.22. The van der Waals surface area contributed by atoms with Gasteiger partial charge in [-0.2, -0.15) is 4.31 Å². The zero-order valence-electron chi connectivity index (χ0n) is 17.1. The Kier molecular flexibility index (Phi) is 6.03. The molecule has 4 aromatic rings. The highest BCUT2D eigenvalue weighted by atomic mass is 35.5. The number of aryl methyl sites for hydroxylation is 1. The summed E-state index contributed by atoms with van der Waals surface area (Å²) in [6, 6.07) is 17.8. The van der Waals surface area contributed by atoms with Crippen molar-refractivity contribution in [3.05, 3.63) is 76.3 Å². The predicted molar refractivity (Wildman–Crippen MR) is 126 cm³/mol. The highest BCUT2D eigenvalue weighted by Gasteiger charge is 2.24. The highest BCUT2D eigenvalue weighted by molar-refractivity contribution is 7.89. The summed E-state index contributed by atoms with van der Waals surface area (Å²) in [4.78, 5) is 0.203. The Morgan fingerprint density at radius 2 is 1.45 bits per heavy atom. The molecule has 0 aliphatic rings. The Balaban J connectivity index is 1.64. The van der Waals surface area contributed by atoms with Crippen LogP contribution in [0.2, 0.25) is 10.0 Å². The average Bonchev–Trinajstić information content (AvgIpc) is 3.00. The van der Waals surface area contributed by atoms with Gasteiger partial charge < -0.3 is 9.67 Å². The minimum Gasteiger partial charge on any atom is -0.390 e. The maximum atomic E-state index is 12.9. The molecule has 1 N–H and O–H groups in total. The van der Waals surface area contributed by atoms with Crippen LogP contribution in [-0.2, 0) is 16.6 Å². The number of aliphatic hydroxyl groups excluding tert-OH is 1. The van der Waals surface area contributed by atoms with Gasteiger partial charge in [0.1, 0.15) is 0 Å². The lowest BCUT2D eigenvalue weighted by Crippen LogP contribution is -2.36. The SMILES string of the molecule is Cc1ccc(S(=O)(=O)N(C)C[C@@H](O)Cn2c3ccc(Cl)cc3c3cc(Cl)ccc32)cc1. The topological polar surface area (TPSA) is 62.5 Å². The van der Waals surface area contributed by atoms with Crippen LogP contribution < -0.4 is 0 Å². The smallest absolute Gasteiger partial charge is 0.242 e. The van der Waals surface area contributed by atoms with Gasteiger partial charge in [-0.3, -0.25) is 0 Å². The lowest BCUT2D eigenvalue weighted by molar-refractivity contribution is 0.136. The van der Waals surface area contributed by atoms with Crippen molar-refractivity contribution in [3.63, 3.8) is 0 Å². The van der Waals surface area contributed by atoms with Gasteiger partial charge in [-0.1, -0.05) is 40.9 Å². The van der Waals surface area contributed by atoms with Crippen LogP contribution in [0.25, 0.3) is 21.8 Å². The molecule has 0 radical (unpaired) electrons. The van der Waals surface area contributed by atoms with Crippen molar-refractivity contribution in [3.8, 4) is 0 Å². The molecule has 162 valence electrons. The second-order valence-electron chi connectivity index (χ2n) is 7.69. The fourth-order valence-electron chi connectivity index (χ4n) is 3.80. The molecule has 0 bridgehead atoms. The molecule has 0 unspecified atom stereocenters. The number of likely N-dealkylation sites (N-methyl/N-ethyl adjacent to an activating group) is 1. The van der Waals surface area contributed by atoms with Crippen LogP contribution in [0, 0.1) is 6.92 Å². The third kappa shape index (κ3) is 4.31. The Bertz CT molecular complexity index is 1310. The largest absolute Gasteiger partial charge is 0.390 e. The molecule has 0 saturated heterocycles. The van der Waals surface area contributed by atoms with Crippen LogP contribution >= 0.6 is 23.2 Å². The van der Waals surface area contributed by atoms with E-state index in [0.29, 0.717) is 10.0 Å². The molecular weight excluding hydrogens is 455 g/mol. The van der Waals surface area contributed by atoms with Crippen molar-refractivity contribution < 1.29 is 13.5 Å². The quantitative estimate of drug-likeness (QED) is 0.421. The normalized spacial score (nSPS) is 13.4. The highest BCUT2D eigenvalue weighted by Crippen LogP contribution is 2.33. The molecule has 1 aromatic heterocycles. The van der Waals surface area contributed by atoms with Crippen molar-refractivity contribution in [2.24, 2.45) is 0 Å². The standard InChI is InChI=1S/C23H22Cl2N2O3S/c1-15-3-7-19(8-4-15)31(29,30)26(2)13-18(28)14-27-22-9-5-16(24)11-20(22)21-12-17(25)6-10-23(21)27/h3-12,18,28H,13-14H2,1-2H3/t18-/m1/s1. The molecule has 0 amide bonds. The fraction of sp³-hybridized carbons (Fsp3) is 0.217. The van der Waals surface area contributed by atoms with Crippen molar-refractivity contribution >= 4 is 55.0 Å². The number of aliphatic hydroxyl groups is 1. The first kappa shape index (κ1) is 22.1. The molecule has 0 fully saturated rings. The molecule has 3 aromatic carbocycles. The third-order valence-electron chi connectivity index (χ3n) is 5.38. The molecule has 4 rings (SSSR count). The second-order valence-corrected chi connectivity index (χ2v) is 10.6. The zero-order chi connectivity index (χ0) is 22.3. The third-order valence-corrected chi connectivity index (χ3v) is 7.69. The first-order chi connectivity index (χ1) is 14.7. The van der Waals surface area contributed by atoms with Gasteiger partial charge in [0.05, 0.1) is 17.5 Å². The average molecular weight is 477 g/mol. The minimum atomic E-state index is -3.70. The van der Waals surface area contributed by atoms with E-state index in [1.54, 1.807) is 36.4 Å². The number of hydrogen-bond donors (Lipinski definition) is 1. The van der Waals surface area contributed by atoms with E-state index in [2.05, 4.69) is 0 Å². The van der Waals surface area contributed by atoms with Crippen molar-refractivity contribution in [2.45, 2.75) is 24.5 Å². The van der Waals surface area contributed by atoms with E-state index in [9.17, 15) is 13.5 Å². The Morgan fingerprint density at radius 3 is 1.97 bits per heavy atom. The minimum absolute atomic E-state index is 0.0431. The molecule has 0 aliphatic heterocycles. The monoisotopic (exact) mass is 476 g/mol. The van der Waals surface area contributed by atoms with Crippen molar-refractivity contribution in [1.82, 2.24) is 8.87 Å². The molecule has 31 heavy (non-hydrogen) atoms. The summed E-state index contributed by atoms with van der Waals surface area (Å²) in [5, 5.41) is 13.9. The van der Waals surface area contributed by atoms with Crippen molar-refractivity contribution in [1.29, 1.82) is 0 Å². The predicted octanol–water partition coefficient (Wildman–Crippen LogP) is 5.09. The van der Waals surface area contributed by atoms with E-state index in [1.165, 1.54) is 11.4 Å². The molecular formula is C23H22Cl2N2O3S. The van der Waals surface area contributed by atoms with Crippen LogP contribution in [0.5, 0.6) is 0 Å². The number of hydrogen-bond acceptors (Lipinski definition) is 3. The first-order valence-electron chi connectivity index (χ1n) is 9.75. The summed E-state index contributed by atoms with van der Waals surface area (Å²) in [6.45, 7) is 2.07. The van der Waals surface area contributed by atoms with Crippen LogP contribution in [0.1, 0.15) is 5.56 Å². The lowest BCUT2D eigenvalue weighted by atomic mass is 10.1. The van der Waals surface area contributed by atoms with E-state index in [1.807, 2.05) is 35.8 Å². The van der Waals surface area contributed by atoms with E-state index >= 15 is 0 Å². The van der Waals surface area contributed by atoms with Crippen LogP contribution in [0.3, 0.4) is 0 Å². The summed E-state index contributed by atoms with van der Waals surface area (Å²) in [6.07, 6.45) is -0.921. The Labute approximate surface area is 191 Å². The van der Waals surface area contributed by atoms with E-state index < -0.39 is 16.1 Å². The molecule has 5 nitrogen and oxygen atoms in total. The maximum Gasteiger partial charge on any atom is 0.242 e. The number of aromatic nitrogens is 1.